The molecule has 26 heavy (non-hydrogen) atoms. The molecule has 0 aromatic heterocycles. The Balaban J connectivity index is 1.97. The predicted octanol–water partition coefficient (Wildman–Crippen LogP) is 3.99. The highest BCUT2D eigenvalue weighted by molar-refractivity contribution is 6.05. The quantitative estimate of drug-likeness (QED) is 0.413. The van der Waals surface area contributed by atoms with Crippen molar-refractivity contribution >= 4 is 27.5 Å². The Labute approximate surface area is 150 Å². The molecule has 1 N–H and O–H groups in total. The Morgan fingerprint density at radius 2 is 1.88 bits per heavy atom. The monoisotopic (exact) mass is 354 g/mol. The highest BCUT2D eigenvalue weighted by atomic mass is 19.1. The third kappa shape index (κ3) is 3.68. The summed E-state index contributed by atoms with van der Waals surface area (Å²) in [4.78, 5) is 11.7. The second-order valence-electron chi connectivity index (χ2n) is 6.09. The van der Waals surface area contributed by atoms with Gasteiger partial charge in [-0.1, -0.05) is 36.9 Å². The van der Waals surface area contributed by atoms with Gasteiger partial charge < -0.3 is 14.6 Å². The van der Waals surface area contributed by atoms with Gasteiger partial charge in [-0.25, -0.2) is 9.18 Å². The second kappa shape index (κ2) is 7.54. The van der Waals surface area contributed by atoms with Crippen LogP contribution in [-0.4, -0.2) is 30.4 Å². The van der Waals surface area contributed by atoms with E-state index in [0.717, 1.165) is 16.2 Å². The molecule has 3 aromatic carbocycles. The van der Waals surface area contributed by atoms with Crippen molar-refractivity contribution in [2.75, 3.05) is 13.2 Å². The van der Waals surface area contributed by atoms with Crippen LogP contribution in [0.1, 0.15) is 6.92 Å². The van der Waals surface area contributed by atoms with Crippen molar-refractivity contribution in [2.45, 2.75) is 13.0 Å². The summed E-state index contributed by atoms with van der Waals surface area (Å²) in [5.41, 5.74) is 0.237. The van der Waals surface area contributed by atoms with Crippen LogP contribution in [0.4, 0.5) is 4.39 Å². The van der Waals surface area contributed by atoms with Crippen molar-refractivity contribution in [3.8, 4) is 5.75 Å². The third-order valence-corrected chi connectivity index (χ3v) is 4.02. The minimum Gasteiger partial charge on any atom is -0.488 e. The predicted molar refractivity (Wildman–Crippen MR) is 98.7 cm³/mol. The van der Waals surface area contributed by atoms with Crippen LogP contribution < -0.4 is 4.74 Å². The maximum absolute atomic E-state index is 13.8. The van der Waals surface area contributed by atoms with Crippen LogP contribution in [-0.2, 0) is 9.53 Å². The number of hydrogen-bond acceptors (Lipinski definition) is 4. The van der Waals surface area contributed by atoms with Gasteiger partial charge in [0.1, 0.15) is 18.2 Å². The molecule has 1 atom stereocenters. The van der Waals surface area contributed by atoms with Gasteiger partial charge in [0.15, 0.2) is 6.10 Å². The van der Waals surface area contributed by atoms with Crippen molar-refractivity contribution in [2.24, 2.45) is 0 Å². The standard InChI is InChI=1S/C21H19FO4/c1-13(2)21(24)26-17(11-23)12-25-20-18-6-4-3-5-14(18)9-15-7-8-16(22)10-19(15)20/h3-10,17,23H,1,11-12H2,2H3. The van der Waals surface area contributed by atoms with Gasteiger partial charge in [0.2, 0.25) is 0 Å². The van der Waals surface area contributed by atoms with Crippen LogP contribution in [0.2, 0.25) is 0 Å². The molecule has 5 heteroatoms. The fourth-order valence-electron chi connectivity index (χ4n) is 2.70. The topological polar surface area (TPSA) is 55.8 Å². The third-order valence-electron chi connectivity index (χ3n) is 4.02. The number of fused-ring (bicyclic) bond motifs is 2. The Bertz CT molecular complexity index is 980. The zero-order chi connectivity index (χ0) is 18.7. The Morgan fingerprint density at radius 1 is 1.15 bits per heavy atom. The SMILES string of the molecule is C=C(C)C(=O)OC(CO)COc1c2ccccc2cc2ccc(F)cc12. The maximum Gasteiger partial charge on any atom is 0.333 e. The lowest BCUT2D eigenvalue weighted by Gasteiger charge is -2.18. The summed E-state index contributed by atoms with van der Waals surface area (Å²) in [7, 11) is 0. The fourth-order valence-corrected chi connectivity index (χ4v) is 2.70. The molecule has 0 saturated heterocycles. The molecule has 0 aliphatic rings. The van der Waals surface area contributed by atoms with E-state index in [-0.39, 0.29) is 18.0 Å². The molecule has 3 aromatic rings. The van der Waals surface area contributed by atoms with Crippen LogP contribution in [0.15, 0.2) is 60.7 Å². The minimum absolute atomic E-state index is 0.0604. The lowest BCUT2D eigenvalue weighted by Crippen LogP contribution is -2.28. The molecule has 0 bridgehead atoms. The number of carbonyl (C=O) groups excluding carboxylic acids is 1. The molecule has 0 spiro atoms. The van der Waals surface area contributed by atoms with E-state index >= 15 is 0 Å². The Morgan fingerprint density at radius 3 is 2.62 bits per heavy atom. The Kier molecular flexibility index (Phi) is 5.19. The van der Waals surface area contributed by atoms with Gasteiger partial charge in [-0.2, -0.15) is 0 Å². The first-order chi connectivity index (χ1) is 12.5. The molecule has 0 aliphatic carbocycles. The molecular formula is C21H19FO4. The van der Waals surface area contributed by atoms with Gasteiger partial charge in [0.25, 0.3) is 0 Å². The van der Waals surface area contributed by atoms with E-state index in [1.54, 1.807) is 6.07 Å². The molecule has 4 nitrogen and oxygen atoms in total. The van der Waals surface area contributed by atoms with Crippen LogP contribution in [0.25, 0.3) is 21.5 Å². The first-order valence-electron chi connectivity index (χ1n) is 8.20. The number of halogens is 1. The summed E-state index contributed by atoms with van der Waals surface area (Å²) in [6, 6.07) is 14.0. The number of aliphatic hydroxyl groups is 1. The summed E-state index contributed by atoms with van der Waals surface area (Å²) in [5, 5.41) is 12.7. The fraction of sp³-hybridized carbons (Fsp3) is 0.190. The number of benzene rings is 3. The molecule has 0 heterocycles. The number of aliphatic hydroxyl groups excluding tert-OH is 1. The summed E-state index contributed by atoms with van der Waals surface area (Å²) in [6.07, 6.45) is -0.846. The molecule has 0 aliphatic heterocycles. The van der Waals surface area contributed by atoms with Crippen LogP contribution >= 0.6 is 0 Å². The first-order valence-corrected chi connectivity index (χ1v) is 8.20. The molecule has 0 amide bonds. The zero-order valence-electron chi connectivity index (χ0n) is 14.4. The number of ether oxygens (including phenoxy) is 2. The normalized spacial score (nSPS) is 12.1. The highest BCUT2D eigenvalue weighted by Crippen LogP contribution is 2.35. The average molecular weight is 354 g/mol. The number of esters is 1. The lowest BCUT2D eigenvalue weighted by molar-refractivity contribution is -0.147. The van der Waals surface area contributed by atoms with Gasteiger partial charge in [0, 0.05) is 16.3 Å². The molecule has 0 fully saturated rings. The van der Waals surface area contributed by atoms with Crippen molar-refractivity contribution < 1.29 is 23.8 Å². The van der Waals surface area contributed by atoms with Crippen molar-refractivity contribution in [1.29, 1.82) is 0 Å². The summed E-state index contributed by atoms with van der Waals surface area (Å²) in [5.74, 6) is -0.478. The van der Waals surface area contributed by atoms with E-state index in [1.165, 1.54) is 19.1 Å². The van der Waals surface area contributed by atoms with Crippen molar-refractivity contribution in [3.05, 3.63) is 66.5 Å². The average Bonchev–Trinajstić information content (AvgIpc) is 2.63. The molecule has 3 rings (SSSR count). The number of rotatable bonds is 6. The van der Waals surface area contributed by atoms with Gasteiger partial charge in [-0.3, -0.25) is 0 Å². The lowest BCUT2D eigenvalue weighted by atomic mass is 10.0. The number of carbonyl (C=O) groups is 1. The number of hydrogen-bond donors (Lipinski definition) is 1. The van der Waals surface area contributed by atoms with E-state index in [0.29, 0.717) is 11.1 Å². The van der Waals surface area contributed by atoms with Gasteiger partial charge >= 0.3 is 5.97 Å². The van der Waals surface area contributed by atoms with Crippen LogP contribution in [0.3, 0.4) is 0 Å². The molecule has 0 radical (unpaired) electrons. The summed E-state index contributed by atoms with van der Waals surface area (Å²) < 4.78 is 24.8. The van der Waals surface area contributed by atoms with Gasteiger partial charge in [-0.15, -0.1) is 0 Å². The van der Waals surface area contributed by atoms with Crippen LogP contribution in [0.5, 0.6) is 5.75 Å². The van der Waals surface area contributed by atoms with Crippen LogP contribution in [0, 0.1) is 5.82 Å². The first kappa shape index (κ1) is 17.9. The largest absolute Gasteiger partial charge is 0.488 e. The van der Waals surface area contributed by atoms with Crippen molar-refractivity contribution in [1.82, 2.24) is 0 Å². The van der Waals surface area contributed by atoms with E-state index in [9.17, 15) is 14.3 Å². The minimum atomic E-state index is -0.846. The highest BCUT2D eigenvalue weighted by Gasteiger charge is 2.17. The van der Waals surface area contributed by atoms with Gasteiger partial charge in [-0.05, 0) is 35.9 Å². The second-order valence-corrected chi connectivity index (χ2v) is 6.09. The molecule has 134 valence electrons. The van der Waals surface area contributed by atoms with Gasteiger partial charge in [0.05, 0.1) is 6.61 Å². The molecule has 1 unspecified atom stereocenters. The van der Waals surface area contributed by atoms with E-state index in [1.807, 2.05) is 30.3 Å². The zero-order valence-corrected chi connectivity index (χ0v) is 14.4. The maximum atomic E-state index is 13.8. The van der Waals surface area contributed by atoms with Crippen molar-refractivity contribution in [3.63, 3.8) is 0 Å². The Hall–Kier alpha value is -2.92. The molecule has 0 saturated carbocycles. The summed E-state index contributed by atoms with van der Waals surface area (Å²) in [6.45, 7) is 4.59. The van der Waals surface area contributed by atoms with E-state index < -0.39 is 18.7 Å². The van der Waals surface area contributed by atoms with E-state index in [2.05, 4.69) is 6.58 Å². The smallest absolute Gasteiger partial charge is 0.333 e. The van der Waals surface area contributed by atoms with E-state index in [4.69, 9.17) is 9.47 Å². The summed E-state index contributed by atoms with van der Waals surface area (Å²) >= 11 is 0. The molecular weight excluding hydrogens is 335 g/mol.